The summed E-state index contributed by atoms with van der Waals surface area (Å²) in [6, 6.07) is 11.1. The number of rotatable bonds is 2. The quantitative estimate of drug-likeness (QED) is 0.655. The van der Waals surface area contributed by atoms with Gasteiger partial charge in [0.25, 0.3) is 17.7 Å². The number of nitrogens with zero attached hydrogens (tertiary/aromatic N) is 2. The Morgan fingerprint density at radius 2 is 1.61 bits per heavy atom. The lowest BCUT2D eigenvalue weighted by Crippen LogP contribution is -2.49. The summed E-state index contributed by atoms with van der Waals surface area (Å²) in [5, 5.41) is 0. The molecule has 160 valence electrons. The van der Waals surface area contributed by atoms with Crippen LogP contribution in [0.3, 0.4) is 0 Å². The Morgan fingerprint density at radius 1 is 0.871 bits per heavy atom. The first kappa shape index (κ1) is 20.0. The maximum Gasteiger partial charge on any atom is 0.266 e. The highest BCUT2D eigenvalue weighted by atomic mass is 16.2. The molecule has 31 heavy (non-hydrogen) atoms. The van der Waals surface area contributed by atoms with Crippen molar-refractivity contribution in [2.75, 3.05) is 11.4 Å². The number of carbonyl (C=O) groups excluding carboxylic acids is 3. The number of anilines is 1. The summed E-state index contributed by atoms with van der Waals surface area (Å²) in [4.78, 5) is 43.0. The zero-order valence-corrected chi connectivity index (χ0v) is 18.2. The smallest absolute Gasteiger partial charge is 0.266 e. The lowest BCUT2D eigenvalue weighted by Gasteiger charge is -2.44. The second-order valence-corrected chi connectivity index (χ2v) is 9.25. The van der Waals surface area contributed by atoms with E-state index in [9.17, 15) is 14.4 Å². The van der Waals surface area contributed by atoms with Gasteiger partial charge in [0.1, 0.15) is 0 Å². The minimum absolute atomic E-state index is 0.00941. The Morgan fingerprint density at radius 3 is 2.45 bits per heavy atom. The van der Waals surface area contributed by atoms with Crippen molar-refractivity contribution >= 4 is 23.4 Å². The van der Waals surface area contributed by atoms with Crippen molar-refractivity contribution in [3.05, 3.63) is 64.2 Å². The van der Waals surface area contributed by atoms with Gasteiger partial charge in [-0.2, -0.15) is 0 Å². The van der Waals surface area contributed by atoms with E-state index >= 15 is 0 Å². The number of amides is 3. The summed E-state index contributed by atoms with van der Waals surface area (Å²) in [7, 11) is 0. The number of likely N-dealkylation sites (tertiary alicyclic amines) is 1. The largest absolute Gasteiger partial charge is 0.335 e. The zero-order chi connectivity index (χ0) is 21.7. The van der Waals surface area contributed by atoms with E-state index in [0.29, 0.717) is 34.3 Å². The third-order valence-electron chi connectivity index (χ3n) is 7.24. The summed E-state index contributed by atoms with van der Waals surface area (Å²) < 4.78 is 0. The highest BCUT2D eigenvalue weighted by Gasteiger charge is 2.40. The second-order valence-electron chi connectivity index (χ2n) is 9.25. The molecule has 2 aliphatic heterocycles. The van der Waals surface area contributed by atoms with Gasteiger partial charge in [0, 0.05) is 18.2 Å². The van der Waals surface area contributed by atoms with Gasteiger partial charge < -0.3 is 4.90 Å². The summed E-state index contributed by atoms with van der Waals surface area (Å²) in [5.41, 5.74) is 3.67. The van der Waals surface area contributed by atoms with Crippen LogP contribution < -0.4 is 4.90 Å². The van der Waals surface area contributed by atoms with Crippen molar-refractivity contribution in [2.45, 2.75) is 58.4 Å². The molecule has 3 aliphatic rings. The van der Waals surface area contributed by atoms with Crippen LogP contribution in [0.1, 0.15) is 80.7 Å². The lowest BCUT2D eigenvalue weighted by atomic mass is 9.78. The normalized spacial score (nSPS) is 23.0. The molecule has 3 amide bonds. The molecule has 0 radical (unpaired) electrons. The number of hydrogen-bond donors (Lipinski definition) is 0. The molecule has 2 aromatic rings. The Labute approximate surface area is 183 Å². The molecular formula is C26H28N2O3. The fraction of sp³-hybridized carbons (Fsp3) is 0.423. The molecule has 0 bridgehead atoms. The van der Waals surface area contributed by atoms with Gasteiger partial charge in [-0.05, 0) is 80.8 Å². The summed E-state index contributed by atoms with van der Waals surface area (Å²) in [6.45, 7) is 4.61. The van der Waals surface area contributed by atoms with E-state index in [1.165, 1.54) is 30.6 Å². The molecular weight excluding hydrogens is 388 g/mol. The molecule has 1 saturated heterocycles. The molecule has 5 nitrogen and oxygen atoms in total. The van der Waals surface area contributed by atoms with Gasteiger partial charge in [-0.15, -0.1) is 0 Å². The van der Waals surface area contributed by atoms with Gasteiger partial charge in [0.05, 0.1) is 16.8 Å². The Kier molecular flexibility index (Phi) is 4.92. The topological polar surface area (TPSA) is 57.7 Å². The second kappa shape index (κ2) is 7.63. The van der Waals surface area contributed by atoms with E-state index in [2.05, 4.69) is 0 Å². The average Bonchev–Trinajstić information content (AvgIpc) is 3.04. The van der Waals surface area contributed by atoms with Crippen LogP contribution in [0.15, 0.2) is 36.4 Å². The van der Waals surface area contributed by atoms with Crippen LogP contribution in [0.4, 0.5) is 5.69 Å². The number of aryl methyl sites for hydroxylation is 2. The molecule has 0 N–H and O–H groups in total. The molecule has 0 unspecified atom stereocenters. The Bertz CT molecular complexity index is 1090. The van der Waals surface area contributed by atoms with Crippen molar-refractivity contribution in [3.8, 4) is 0 Å². The predicted molar refractivity (Wildman–Crippen MR) is 120 cm³/mol. The molecule has 2 aromatic carbocycles. The van der Waals surface area contributed by atoms with E-state index in [1.807, 2.05) is 36.9 Å². The predicted octanol–water partition coefficient (Wildman–Crippen LogP) is 4.90. The number of imide groups is 1. The van der Waals surface area contributed by atoms with Gasteiger partial charge in [-0.3, -0.25) is 14.4 Å². The molecule has 2 atom stereocenters. The van der Waals surface area contributed by atoms with E-state index in [-0.39, 0.29) is 17.7 Å². The van der Waals surface area contributed by atoms with E-state index in [0.717, 1.165) is 30.5 Å². The van der Waals surface area contributed by atoms with Gasteiger partial charge in [0.2, 0.25) is 0 Å². The third-order valence-corrected chi connectivity index (χ3v) is 7.24. The molecule has 5 rings (SSSR count). The monoisotopic (exact) mass is 416 g/mol. The standard InChI is InChI=1S/C26H28N2O3/c1-16-9-10-17(2)23(14-16)28-25(30)20-12-11-19(15-21(20)26(28)31)24(29)27-13-5-7-18-6-3-4-8-22(18)27/h9-12,14-15,18,22H,3-8,13H2,1-2H3/t18-,22+/m0/s1. The molecule has 2 fully saturated rings. The van der Waals surface area contributed by atoms with Gasteiger partial charge in [-0.1, -0.05) is 25.0 Å². The number of hydrogen-bond acceptors (Lipinski definition) is 3. The number of benzene rings is 2. The molecule has 0 spiro atoms. The van der Waals surface area contributed by atoms with Crippen LogP contribution in [-0.4, -0.2) is 35.2 Å². The fourth-order valence-electron chi connectivity index (χ4n) is 5.60. The number of fused-ring (bicyclic) bond motifs is 2. The lowest BCUT2D eigenvalue weighted by molar-refractivity contribution is 0.0390. The first-order valence-electron chi connectivity index (χ1n) is 11.4. The van der Waals surface area contributed by atoms with Crippen LogP contribution in [0.2, 0.25) is 0 Å². The maximum absolute atomic E-state index is 13.4. The van der Waals surface area contributed by atoms with Crippen molar-refractivity contribution in [3.63, 3.8) is 0 Å². The fourth-order valence-corrected chi connectivity index (χ4v) is 5.60. The van der Waals surface area contributed by atoms with E-state index < -0.39 is 0 Å². The molecule has 5 heteroatoms. The van der Waals surface area contributed by atoms with E-state index in [1.54, 1.807) is 18.2 Å². The van der Waals surface area contributed by atoms with E-state index in [4.69, 9.17) is 0 Å². The maximum atomic E-state index is 13.4. The highest BCUT2D eigenvalue weighted by molar-refractivity contribution is 6.35. The Balaban J connectivity index is 1.46. The first-order valence-corrected chi connectivity index (χ1v) is 11.4. The van der Waals surface area contributed by atoms with Crippen LogP contribution >= 0.6 is 0 Å². The van der Waals surface area contributed by atoms with Gasteiger partial charge in [-0.25, -0.2) is 4.90 Å². The van der Waals surface area contributed by atoms with Crippen molar-refractivity contribution in [1.29, 1.82) is 0 Å². The highest BCUT2D eigenvalue weighted by Crippen LogP contribution is 2.37. The zero-order valence-electron chi connectivity index (χ0n) is 18.2. The third kappa shape index (κ3) is 3.27. The van der Waals surface area contributed by atoms with Gasteiger partial charge >= 0.3 is 0 Å². The van der Waals surface area contributed by atoms with Crippen LogP contribution in [0, 0.1) is 19.8 Å². The molecule has 2 heterocycles. The first-order chi connectivity index (χ1) is 15.0. The summed E-state index contributed by atoms with van der Waals surface area (Å²) in [5.74, 6) is -0.0794. The van der Waals surface area contributed by atoms with Crippen LogP contribution in [0.5, 0.6) is 0 Å². The summed E-state index contributed by atoms with van der Waals surface area (Å²) in [6.07, 6.45) is 6.95. The number of piperidine rings is 1. The average molecular weight is 417 g/mol. The SMILES string of the molecule is Cc1ccc(C)c(N2C(=O)c3ccc(C(=O)N4CCC[C@@H]5CCCC[C@H]54)cc3C2=O)c1. The molecule has 1 aliphatic carbocycles. The molecule has 1 saturated carbocycles. The minimum atomic E-state index is -0.350. The Hall–Kier alpha value is -2.95. The number of carbonyl (C=O) groups is 3. The van der Waals surface area contributed by atoms with Crippen molar-refractivity contribution in [2.24, 2.45) is 5.92 Å². The summed E-state index contributed by atoms with van der Waals surface area (Å²) >= 11 is 0. The van der Waals surface area contributed by atoms with Crippen molar-refractivity contribution in [1.82, 2.24) is 4.90 Å². The van der Waals surface area contributed by atoms with Gasteiger partial charge in [0.15, 0.2) is 0 Å². The molecule has 0 aromatic heterocycles. The van der Waals surface area contributed by atoms with Crippen LogP contribution in [0.25, 0.3) is 0 Å². The van der Waals surface area contributed by atoms with Crippen LogP contribution in [-0.2, 0) is 0 Å². The minimum Gasteiger partial charge on any atom is -0.335 e. The van der Waals surface area contributed by atoms with Crippen molar-refractivity contribution < 1.29 is 14.4 Å².